The highest BCUT2D eigenvalue weighted by Crippen LogP contribution is 2.32. The zero-order valence-corrected chi connectivity index (χ0v) is 15.7. The van der Waals surface area contributed by atoms with Crippen LogP contribution < -0.4 is 10.1 Å². The Morgan fingerprint density at radius 3 is 2.62 bits per heavy atom. The van der Waals surface area contributed by atoms with Crippen LogP contribution in [0.3, 0.4) is 0 Å². The van der Waals surface area contributed by atoms with Gasteiger partial charge in [0, 0.05) is 5.56 Å². The molecule has 0 aliphatic carbocycles. The normalized spacial score (nSPS) is 10.0. The summed E-state index contributed by atoms with van der Waals surface area (Å²) in [6.07, 6.45) is -0.523. The third-order valence-corrected chi connectivity index (χ3v) is 4.11. The van der Waals surface area contributed by atoms with Crippen LogP contribution in [0, 0.1) is 11.3 Å². The Morgan fingerprint density at radius 2 is 1.86 bits per heavy atom. The molecule has 29 heavy (non-hydrogen) atoms. The van der Waals surface area contributed by atoms with Crippen LogP contribution in [0.25, 0.3) is 11.1 Å². The molecule has 1 amide bonds. The summed E-state index contributed by atoms with van der Waals surface area (Å²) in [5.74, 6) is 0.674. The van der Waals surface area contributed by atoms with E-state index in [1.165, 1.54) is 0 Å². The van der Waals surface area contributed by atoms with E-state index >= 15 is 0 Å². The largest absolute Gasteiger partial charge is 0.508 e. The molecule has 0 aliphatic heterocycles. The number of phenolic OH excluding ortho intramolecular Hbond substituents is 1. The maximum absolute atomic E-state index is 11.8. The van der Waals surface area contributed by atoms with Crippen LogP contribution in [-0.2, 0) is 11.3 Å². The molecule has 3 aromatic rings. The molecule has 2 N–H and O–H groups in total. The maximum Gasteiger partial charge on any atom is 0.407 e. The van der Waals surface area contributed by atoms with Crippen LogP contribution in [0.4, 0.5) is 4.79 Å². The molecule has 6 heteroatoms. The van der Waals surface area contributed by atoms with Gasteiger partial charge in [0.2, 0.25) is 0 Å². The molecule has 3 rings (SSSR count). The summed E-state index contributed by atoms with van der Waals surface area (Å²) in [6.45, 7) is 0.677. The number of nitrogens with zero attached hydrogens (tertiary/aromatic N) is 1. The van der Waals surface area contributed by atoms with Crippen molar-refractivity contribution in [2.45, 2.75) is 6.61 Å². The number of benzene rings is 3. The number of hydrogen-bond acceptors (Lipinski definition) is 5. The minimum Gasteiger partial charge on any atom is -0.508 e. The summed E-state index contributed by atoms with van der Waals surface area (Å²) >= 11 is 0. The van der Waals surface area contributed by atoms with E-state index in [0.29, 0.717) is 16.9 Å². The van der Waals surface area contributed by atoms with Gasteiger partial charge >= 0.3 is 6.09 Å². The molecule has 0 fully saturated rings. The summed E-state index contributed by atoms with van der Waals surface area (Å²) in [5.41, 5.74) is 2.81. The first-order valence-corrected chi connectivity index (χ1v) is 9.06. The van der Waals surface area contributed by atoms with E-state index in [1.54, 1.807) is 36.4 Å². The quantitative estimate of drug-likeness (QED) is 0.591. The van der Waals surface area contributed by atoms with E-state index in [9.17, 15) is 9.90 Å². The van der Waals surface area contributed by atoms with Gasteiger partial charge in [0.15, 0.2) is 0 Å². The number of hydrogen-bond donors (Lipinski definition) is 2. The molecule has 0 aliphatic rings. The number of ether oxygens (including phenoxy) is 2. The van der Waals surface area contributed by atoms with Crippen molar-refractivity contribution in [2.75, 3.05) is 13.2 Å². The van der Waals surface area contributed by atoms with Crippen molar-refractivity contribution in [1.29, 1.82) is 5.26 Å². The van der Waals surface area contributed by atoms with Crippen LogP contribution in [-0.4, -0.2) is 24.4 Å². The number of nitrogens with one attached hydrogen (secondary N) is 1. The van der Waals surface area contributed by atoms with E-state index in [-0.39, 0.29) is 25.5 Å². The second kappa shape index (κ2) is 9.81. The lowest BCUT2D eigenvalue weighted by atomic mass is 10.0. The molecule has 0 saturated carbocycles. The van der Waals surface area contributed by atoms with Gasteiger partial charge in [0.25, 0.3) is 0 Å². The van der Waals surface area contributed by atoms with Gasteiger partial charge in [-0.3, -0.25) is 0 Å². The molecule has 0 bridgehead atoms. The number of carbonyl (C=O) groups is 1. The van der Waals surface area contributed by atoms with Gasteiger partial charge < -0.3 is 19.9 Å². The van der Waals surface area contributed by atoms with Crippen molar-refractivity contribution in [3.8, 4) is 28.7 Å². The lowest BCUT2D eigenvalue weighted by Gasteiger charge is -2.13. The summed E-state index contributed by atoms with van der Waals surface area (Å²) < 4.78 is 10.9. The van der Waals surface area contributed by atoms with Crippen LogP contribution in [0.2, 0.25) is 0 Å². The summed E-state index contributed by atoms with van der Waals surface area (Å²) in [6, 6.07) is 23.3. The molecule has 0 aromatic heterocycles. The number of nitriles is 1. The van der Waals surface area contributed by atoms with E-state index in [4.69, 9.17) is 14.7 Å². The summed E-state index contributed by atoms with van der Waals surface area (Å²) in [5, 5.41) is 21.5. The zero-order chi connectivity index (χ0) is 20.5. The van der Waals surface area contributed by atoms with Gasteiger partial charge in [-0.1, -0.05) is 42.5 Å². The number of amides is 1. The molecule has 0 saturated heterocycles. The highest BCUT2D eigenvalue weighted by atomic mass is 16.5. The molecule has 0 heterocycles. The fourth-order valence-electron chi connectivity index (χ4n) is 2.71. The molecule has 0 unspecified atom stereocenters. The van der Waals surface area contributed by atoms with Crippen molar-refractivity contribution in [1.82, 2.24) is 5.32 Å². The Kier molecular flexibility index (Phi) is 6.69. The van der Waals surface area contributed by atoms with Crippen LogP contribution in [0.5, 0.6) is 11.5 Å². The average molecular weight is 388 g/mol. The number of phenols is 1. The third-order valence-electron chi connectivity index (χ3n) is 4.11. The molecule has 6 nitrogen and oxygen atoms in total. The minimum absolute atomic E-state index is 0.124. The van der Waals surface area contributed by atoms with Crippen molar-refractivity contribution < 1.29 is 19.4 Å². The zero-order valence-electron chi connectivity index (χ0n) is 15.7. The SMILES string of the molecule is N#Cc1ccc(OCCNC(=O)OCc2ccccc2)c(-c2cccc(O)c2)c1. The summed E-state index contributed by atoms with van der Waals surface area (Å²) in [4.78, 5) is 11.8. The Morgan fingerprint density at radius 1 is 1.03 bits per heavy atom. The first-order chi connectivity index (χ1) is 14.2. The Balaban J connectivity index is 1.55. The van der Waals surface area contributed by atoms with Crippen LogP contribution in [0.15, 0.2) is 72.8 Å². The number of rotatable bonds is 7. The van der Waals surface area contributed by atoms with Crippen molar-refractivity contribution >= 4 is 6.09 Å². The van der Waals surface area contributed by atoms with Crippen molar-refractivity contribution in [3.05, 3.63) is 83.9 Å². The van der Waals surface area contributed by atoms with Crippen molar-refractivity contribution in [2.24, 2.45) is 0 Å². The molecule has 0 radical (unpaired) electrons. The number of alkyl carbamates (subject to hydrolysis) is 1. The monoisotopic (exact) mass is 388 g/mol. The first-order valence-electron chi connectivity index (χ1n) is 9.06. The molecular formula is C23H20N2O4. The minimum atomic E-state index is -0.523. The number of aromatic hydroxyl groups is 1. The molecule has 146 valence electrons. The maximum atomic E-state index is 11.8. The standard InChI is InChI=1S/C23H20N2O4/c24-15-18-9-10-22(21(13-18)19-7-4-8-20(26)14-19)28-12-11-25-23(27)29-16-17-5-2-1-3-6-17/h1-10,13-14,26H,11-12,16H2,(H,25,27). The van der Waals surface area contributed by atoms with E-state index in [0.717, 1.165) is 11.1 Å². The fourth-order valence-corrected chi connectivity index (χ4v) is 2.71. The van der Waals surface area contributed by atoms with Gasteiger partial charge in [-0.2, -0.15) is 5.26 Å². The number of carbonyl (C=O) groups excluding carboxylic acids is 1. The lowest BCUT2D eigenvalue weighted by Crippen LogP contribution is -2.28. The Bertz CT molecular complexity index is 1010. The molecular weight excluding hydrogens is 368 g/mol. The second-order valence-electron chi connectivity index (χ2n) is 6.21. The van der Waals surface area contributed by atoms with Gasteiger partial charge in [-0.15, -0.1) is 0 Å². The first kappa shape index (κ1) is 19.8. The van der Waals surface area contributed by atoms with E-state index in [2.05, 4.69) is 11.4 Å². The average Bonchev–Trinajstić information content (AvgIpc) is 2.76. The van der Waals surface area contributed by atoms with Gasteiger partial charge in [0.1, 0.15) is 24.7 Å². The summed E-state index contributed by atoms with van der Waals surface area (Å²) in [7, 11) is 0. The van der Waals surface area contributed by atoms with Crippen LogP contribution >= 0.6 is 0 Å². The predicted molar refractivity (Wildman–Crippen MR) is 108 cm³/mol. The smallest absolute Gasteiger partial charge is 0.407 e. The second-order valence-corrected chi connectivity index (χ2v) is 6.21. The van der Waals surface area contributed by atoms with Gasteiger partial charge in [0.05, 0.1) is 18.2 Å². The lowest BCUT2D eigenvalue weighted by molar-refractivity contribution is 0.137. The van der Waals surface area contributed by atoms with Gasteiger partial charge in [-0.05, 0) is 41.5 Å². The molecule has 3 aromatic carbocycles. The molecule has 0 spiro atoms. The Hall–Kier alpha value is -3.98. The predicted octanol–water partition coefficient (Wildman–Crippen LogP) is 4.24. The van der Waals surface area contributed by atoms with E-state index in [1.807, 2.05) is 36.4 Å². The Labute approximate surface area is 168 Å². The molecule has 0 atom stereocenters. The van der Waals surface area contributed by atoms with Crippen LogP contribution in [0.1, 0.15) is 11.1 Å². The highest BCUT2D eigenvalue weighted by molar-refractivity contribution is 5.73. The van der Waals surface area contributed by atoms with Gasteiger partial charge in [-0.25, -0.2) is 4.79 Å². The van der Waals surface area contributed by atoms with E-state index < -0.39 is 6.09 Å². The fraction of sp³-hybridized carbons (Fsp3) is 0.130. The van der Waals surface area contributed by atoms with Crippen molar-refractivity contribution in [3.63, 3.8) is 0 Å². The topological polar surface area (TPSA) is 91.6 Å². The highest BCUT2D eigenvalue weighted by Gasteiger charge is 2.09. The third kappa shape index (κ3) is 5.75.